The molecule has 0 amide bonds. The van der Waals surface area contributed by atoms with Crippen LogP contribution in [0.3, 0.4) is 0 Å². The summed E-state index contributed by atoms with van der Waals surface area (Å²) in [5, 5.41) is 0. The number of rotatable bonds is 1. The van der Waals surface area contributed by atoms with Crippen LogP contribution in [0.1, 0.15) is 77.7 Å². The van der Waals surface area contributed by atoms with Crippen molar-refractivity contribution in [1.82, 2.24) is 9.97 Å². The van der Waals surface area contributed by atoms with Crippen molar-refractivity contribution < 1.29 is 0 Å². The summed E-state index contributed by atoms with van der Waals surface area (Å²) < 4.78 is 1.01. The predicted octanol–water partition coefficient (Wildman–Crippen LogP) is 4.64. The first-order valence-electron chi connectivity index (χ1n) is 7.43. The molecule has 112 valence electrons. The molecule has 1 aliphatic carbocycles. The van der Waals surface area contributed by atoms with Gasteiger partial charge in [0.2, 0.25) is 0 Å². The van der Waals surface area contributed by atoms with Gasteiger partial charge in [-0.15, -0.1) is 0 Å². The molecule has 0 aromatic carbocycles. The second-order valence-electron chi connectivity index (χ2n) is 7.82. The average molecular weight is 387 g/mol. The van der Waals surface area contributed by atoms with E-state index in [4.69, 9.17) is 10.7 Å². The minimum atomic E-state index is 0.0102. The van der Waals surface area contributed by atoms with Crippen molar-refractivity contribution in [3.05, 3.63) is 15.1 Å². The monoisotopic (exact) mass is 387 g/mol. The SMILES string of the molecule is CC1(C)CCC(c2nc(N)c(I)c(C(C)(C)C)n2)CC1. The van der Waals surface area contributed by atoms with Gasteiger partial charge in [0.1, 0.15) is 11.6 Å². The molecule has 1 aromatic heterocycles. The lowest BCUT2D eigenvalue weighted by atomic mass is 9.73. The Morgan fingerprint density at radius 1 is 1.15 bits per heavy atom. The Morgan fingerprint density at radius 3 is 2.20 bits per heavy atom. The summed E-state index contributed by atoms with van der Waals surface area (Å²) in [4.78, 5) is 9.45. The highest BCUT2D eigenvalue weighted by Gasteiger charge is 2.31. The normalized spacial score (nSPS) is 20.1. The number of aromatic nitrogens is 2. The van der Waals surface area contributed by atoms with Gasteiger partial charge in [-0.25, -0.2) is 9.97 Å². The lowest BCUT2D eigenvalue weighted by Crippen LogP contribution is -2.24. The zero-order valence-corrected chi connectivity index (χ0v) is 15.4. The van der Waals surface area contributed by atoms with Crippen molar-refractivity contribution in [3.63, 3.8) is 0 Å². The van der Waals surface area contributed by atoms with E-state index in [1.165, 1.54) is 25.7 Å². The van der Waals surface area contributed by atoms with E-state index in [0.29, 0.717) is 17.2 Å². The second kappa shape index (κ2) is 5.43. The van der Waals surface area contributed by atoms with Gasteiger partial charge in [0, 0.05) is 11.3 Å². The molecule has 0 bridgehead atoms. The molecule has 0 unspecified atom stereocenters. The van der Waals surface area contributed by atoms with Crippen LogP contribution in [0.5, 0.6) is 0 Å². The van der Waals surface area contributed by atoms with E-state index in [9.17, 15) is 0 Å². The van der Waals surface area contributed by atoms with Gasteiger partial charge in [-0.05, 0) is 53.7 Å². The third kappa shape index (κ3) is 3.43. The first kappa shape index (κ1) is 16.0. The van der Waals surface area contributed by atoms with E-state index in [1.54, 1.807) is 0 Å². The maximum Gasteiger partial charge on any atom is 0.140 e. The summed E-state index contributed by atoms with van der Waals surface area (Å²) in [5.41, 5.74) is 7.69. The van der Waals surface area contributed by atoms with E-state index < -0.39 is 0 Å². The first-order chi connectivity index (χ1) is 9.10. The number of anilines is 1. The molecular weight excluding hydrogens is 361 g/mol. The maximum atomic E-state index is 6.12. The van der Waals surface area contributed by atoms with Gasteiger partial charge in [-0.2, -0.15) is 0 Å². The third-order valence-corrected chi connectivity index (χ3v) is 5.37. The lowest BCUT2D eigenvalue weighted by Gasteiger charge is -2.34. The summed E-state index contributed by atoms with van der Waals surface area (Å²) in [5.74, 6) is 2.08. The van der Waals surface area contributed by atoms with E-state index in [1.807, 2.05) is 0 Å². The van der Waals surface area contributed by atoms with Crippen LogP contribution in [-0.4, -0.2) is 9.97 Å². The van der Waals surface area contributed by atoms with E-state index in [-0.39, 0.29) is 5.41 Å². The number of nitrogen functional groups attached to an aromatic ring is 1. The molecule has 2 N–H and O–H groups in total. The van der Waals surface area contributed by atoms with Crippen molar-refractivity contribution in [2.24, 2.45) is 5.41 Å². The Labute approximate surface area is 136 Å². The Bertz CT molecular complexity index is 493. The largest absolute Gasteiger partial charge is 0.383 e. The molecule has 2 rings (SSSR count). The standard InChI is InChI=1S/C16H26IN3/c1-15(2,3)12-11(17)13(18)20-14(19-12)10-6-8-16(4,5)9-7-10/h10H,6-9H2,1-5H3,(H2,18,19,20). The highest BCUT2D eigenvalue weighted by Crippen LogP contribution is 2.42. The van der Waals surface area contributed by atoms with Crippen LogP contribution < -0.4 is 5.73 Å². The van der Waals surface area contributed by atoms with Gasteiger partial charge < -0.3 is 5.73 Å². The lowest BCUT2D eigenvalue weighted by molar-refractivity contribution is 0.220. The zero-order valence-electron chi connectivity index (χ0n) is 13.3. The molecule has 0 saturated heterocycles. The topological polar surface area (TPSA) is 51.8 Å². The smallest absolute Gasteiger partial charge is 0.140 e. The number of hydrogen-bond donors (Lipinski definition) is 1. The highest BCUT2D eigenvalue weighted by atomic mass is 127. The Balaban J connectivity index is 2.32. The van der Waals surface area contributed by atoms with Crippen molar-refractivity contribution in [1.29, 1.82) is 0 Å². The third-order valence-electron chi connectivity index (χ3n) is 4.31. The number of nitrogens with two attached hydrogens (primary N) is 1. The van der Waals surface area contributed by atoms with E-state index >= 15 is 0 Å². The number of nitrogens with zero attached hydrogens (tertiary/aromatic N) is 2. The molecule has 0 radical (unpaired) electrons. The van der Waals surface area contributed by atoms with Crippen LogP contribution in [0.4, 0.5) is 5.82 Å². The Hall–Kier alpha value is -0.390. The minimum Gasteiger partial charge on any atom is -0.383 e. The molecule has 1 heterocycles. The second-order valence-corrected chi connectivity index (χ2v) is 8.90. The van der Waals surface area contributed by atoms with Gasteiger partial charge in [0.15, 0.2) is 0 Å². The summed E-state index contributed by atoms with van der Waals surface area (Å²) in [6.45, 7) is 11.3. The molecular formula is C16H26IN3. The number of halogens is 1. The Morgan fingerprint density at radius 2 is 1.70 bits per heavy atom. The number of hydrogen-bond acceptors (Lipinski definition) is 3. The summed E-state index contributed by atoms with van der Waals surface area (Å²) in [6, 6.07) is 0. The average Bonchev–Trinajstić information content (AvgIpc) is 2.31. The summed E-state index contributed by atoms with van der Waals surface area (Å²) in [7, 11) is 0. The van der Waals surface area contributed by atoms with E-state index in [0.717, 1.165) is 15.1 Å². The van der Waals surface area contributed by atoms with Crippen LogP contribution in [0.25, 0.3) is 0 Å². The fraction of sp³-hybridized carbons (Fsp3) is 0.750. The predicted molar refractivity (Wildman–Crippen MR) is 92.9 cm³/mol. The fourth-order valence-corrected chi connectivity index (χ4v) is 3.87. The Kier molecular flexibility index (Phi) is 4.34. The van der Waals surface area contributed by atoms with Gasteiger partial charge in [0.25, 0.3) is 0 Å². The zero-order chi connectivity index (χ0) is 15.1. The van der Waals surface area contributed by atoms with Crippen molar-refractivity contribution >= 4 is 28.4 Å². The van der Waals surface area contributed by atoms with Crippen molar-refractivity contribution in [3.8, 4) is 0 Å². The summed E-state index contributed by atoms with van der Waals surface area (Å²) >= 11 is 2.27. The molecule has 20 heavy (non-hydrogen) atoms. The summed E-state index contributed by atoms with van der Waals surface area (Å²) in [6.07, 6.45) is 4.85. The van der Waals surface area contributed by atoms with Crippen LogP contribution >= 0.6 is 22.6 Å². The van der Waals surface area contributed by atoms with Crippen molar-refractivity contribution in [2.75, 3.05) is 5.73 Å². The van der Waals surface area contributed by atoms with Crippen LogP contribution in [0.2, 0.25) is 0 Å². The van der Waals surface area contributed by atoms with E-state index in [2.05, 4.69) is 62.2 Å². The maximum absolute atomic E-state index is 6.12. The van der Waals surface area contributed by atoms with Crippen molar-refractivity contribution in [2.45, 2.75) is 71.6 Å². The van der Waals surface area contributed by atoms with Crippen LogP contribution in [0.15, 0.2) is 0 Å². The van der Waals surface area contributed by atoms with Gasteiger partial charge in [-0.1, -0.05) is 34.6 Å². The molecule has 3 nitrogen and oxygen atoms in total. The molecule has 1 fully saturated rings. The van der Waals surface area contributed by atoms with Gasteiger partial charge in [-0.3, -0.25) is 0 Å². The molecule has 1 saturated carbocycles. The molecule has 4 heteroatoms. The van der Waals surface area contributed by atoms with Crippen LogP contribution in [-0.2, 0) is 5.41 Å². The first-order valence-corrected chi connectivity index (χ1v) is 8.51. The van der Waals surface area contributed by atoms with Crippen LogP contribution in [0, 0.1) is 8.99 Å². The molecule has 0 spiro atoms. The quantitative estimate of drug-likeness (QED) is 0.714. The molecule has 0 aliphatic heterocycles. The minimum absolute atomic E-state index is 0.0102. The molecule has 1 aromatic rings. The molecule has 0 atom stereocenters. The fourth-order valence-electron chi connectivity index (χ4n) is 2.82. The van der Waals surface area contributed by atoms with Gasteiger partial charge >= 0.3 is 0 Å². The highest BCUT2D eigenvalue weighted by molar-refractivity contribution is 14.1. The van der Waals surface area contributed by atoms with Gasteiger partial charge in [0.05, 0.1) is 9.26 Å². The molecule has 1 aliphatic rings.